The normalized spacial score (nSPS) is 14.4. The van der Waals surface area contributed by atoms with E-state index in [0.29, 0.717) is 19.6 Å². The molecule has 0 fully saturated rings. The summed E-state index contributed by atoms with van der Waals surface area (Å²) in [7, 11) is 1.57. The van der Waals surface area contributed by atoms with Gasteiger partial charge in [-0.3, -0.25) is 0 Å². The molecule has 1 rings (SSSR count). The fourth-order valence-electron chi connectivity index (χ4n) is 1.92. The number of methoxy groups -OCH3 is 1. The van der Waals surface area contributed by atoms with E-state index >= 15 is 0 Å². The van der Waals surface area contributed by atoms with Gasteiger partial charge in [-0.1, -0.05) is 19.1 Å². The first kappa shape index (κ1) is 15.1. The SMILES string of the molecule is CCC(NCCC(O)COC)c1cccc(F)c1. The number of ether oxygens (including phenoxy) is 1. The summed E-state index contributed by atoms with van der Waals surface area (Å²) in [5.41, 5.74) is 0.943. The molecule has 102 valence electrons. The predicted octanol–water partition coefficient (Wildman–Crippen LogP) is 2.26. The summed E-state index contributed by atoms with van der Waals surface area (Å²) in [5, 5.41) is 12.8. The molecule has 18 heavy (non-hydrogen) atoms. The van der Waals surface area contributed by atoms with Crippen molar-refractivity contribution in [2.24, 2.45) is 0 Å². The maximum atomic E-state index is 13.1. The molecule has 2 atom stereocenters. The van der Waals surface area contributed by atoms with E-state index in [0.717, 1.165) is 12.0 Å². The van der Waals surface area contributed by atoms with Gasteiger partial charge in [0.05, 0.1) is 12.7 Å². The first-order valence-corrected chi connectivity index (χ1v) is 6.33. The van der Waals surface area contributed by atoms with Crippen LogP contribution in [0, 0.1) is 5.82 Å². The second kappa shape index (κ2) is 8.19. The van der Waals surface area contributed by atoms with E-state index in [-0.39, 0.29) is 11.9 Å². The Labute approximate surface area is 108 Å². The smallest absolute Gasteiger partial charge is 0.123 e. The van der Waals surface area contributed by atoms with Crippen molar-refractivity contribution in [2.45, 2.75) is 31.9 Å². The standard InChI is InChI=1S/C14H22FNO2/c1-3-14(11-5-4-6-12(15)9-11)16-8-7-13(17)10-18-2/h4-6,9,13-14,16-17H,3,7-8,10H2,1-2H3. The van der Waals surface area contributed by atoms with Gasteiger partial charge in [0, 0.05) is 13.2 Å². The zero-order chi connectivity index (χ0) is 13.4. The molecule has 0 heterocycles. The summed E-state index contributed by atoms with van der Waals surface area (Å²) >= 11 is 0. The van der Waals surface area contributed by atoms with Gasteiger partial charge >= 0.3 is 0 Å². The van der Waals surface area contributed by atoms with Gasteiger partial charge in [0.2, 0.25) is 0 Å². The van der Waals surface area contributed by atoms with Crippen molar-refractivity contribution in [3.05, 3.63) is 35.6 Å². The van der Waals surface area contributed by atoms with E-state index in [2.05, 4.69) is 5.32 Å². The Bertz CT molecular complexity index is 346. The molecule has 0 spiro atoms. The molecular weight excluding hydrogens is 233 g/mol. The lowest BCUT2D eigenvalue weighted by molar-refractivity contribution is 0.0589. The summed E-state index contributed by atoms with van der Waals surface area (Å²) < 4.78 is 18.0. The highest BCUT2D eigenvalue weighted by Gasteiger charge is 2.10. The third-order valence-electron chi connectivity index (χ3n) is 2.89. The summed E-state index contributed by atoms with van der Waals surface area (Å²) in [6.45, 7) is 3.08. The molecule has 0 aromatic heterocycles. The molecule has 1 aromatic rings. The Morgan fingerprint density at radius 1 is 1.44 bits per heavy atom. The highest BCUT2D eigenvalue weighted by atomic mass is 19.1. The van der Waals surface area contributed by atoms with Crippen LogP contribution in [-0.4, -0.2) is 31.5 Å². The quantitative estimate of drug-likeness (QED) is 0.748. The molecular formula is C14H22FNO2. The van der Waals surface area contributed by atoms with Crippen LogP contribution in [0.1, 0.15) is 31.4 Å². The Morgan fingerprint density at radius 2 is 2.22 bits per heavy atom. The lowest BCUT2D eigenvalue weighted by Crippen LogP contribution is -2.26. The predicted molar refractivity (Wildman–Crippen MR) is 69.9 cm³/mol. The van der Waals surface area contributed by atoms with E-state index in [1.54, 1.807) is 19.2 Å². The van der Waals surface area contributed by atoms with E-state index in [1.807, 2.05) is 13.0 Å². The number of hydrogen-bond acceptors (Lipinski definition) is 3. The number of nitrogens with one attached hydrogen (secondary N) is 1. The highest BCUT2D eigenvalue weighted by Crippen LogP contribution is 2.17. The molecule has 0 aliphatic rings. The summed E-state index contributed by atoms with van der Waals surface area (Å²) in [4.78, 5) is 0. The Balaban J connectivity index is 2.43. The maximum Gasteiger partial charge on any atom is 0.123 e. The molecule has 0 bridgehead atoms. The van der Waals surface area contributed by atoms with Crippen molar-refractivity contribution >= 4 is 0 Å². The van der Waals surface area contributed by atoms with Gasteiger partial charge in [0.1, 0.15) is 5.82 Å². The molecule has 0 aliphatic heterocycles. The van der Waals surface area contributed by atoms with Crippen molar-refractivity contribution in [1.29, 1.82) is 0 Å². The highest BCUT2D eigenvalue weighted by molar-refractivity contribution is 5.19. The minimum absolute atomic E-state index is 0.121. The van der Waals surface area contributed by atoms with Gasteiger partial charge in [0.25, 0.3) is 0 Å². The van der Waals surface area contributed by atoms with Crippen molar-refractivity contribution in [3.63, 3.8) is 0 Å². The summed E-state index contributed by atoms with van der Waals surface area (Å²) in [5.74, 6) is -0.216. The number of hydrogen-bond donors (Lipinski definition) is 2. The van der Waals surface area contributed by atoms with Gasteiger partial charge in [-0.15, -0.1) is 0 Å². The average Bonchev–Trinajstić information content (AvgIpc) is 2.35. The van der Waals surface area contributed by atoms with Gasteiger partial charge in [-0.25, -0.2) is 4.39 Å². The molecule has 2 N–H and O–H groups in total. The summed E-state index contributed by atoms with van der Waals surface area (Å²) in [6.07, 6.45) is 1.05. The zero-order valence-corrected chi connectivity index (χ0v) is 11.0. The van der Waals surface area contributed by atoms with Gasteiger partial charge in [0.15, 0.2) is 0 Å². The van der Waals surface area contributed by atoms with Gasteiger partial charge < -0.3 is 15.2 Å². The number of halogens is 1. The molecule has 2 unspecified atom stereocenters. The molecule has 1 aromatic carbocycles. The van der Waals surface area contributed by atoms with Crippen molar-refractivity contribution in [1.82, 2.24) is 5.32 Å². The third kappa shape index (κ3) is 5.12. The second-order valence-corrected chi connectivity index (χ2v) is 4.37. The van der Waals surface area contributed by atoms with Gasteiger partial charge in [-0.2, -0.15) is 0 Å². The molecule has 0 saturated heterocycles. The van der Waals surface area contributed by atoms with Crippen molar-refractivity contribution in [3.8, 4) is 0 Å². The molecule has 0 saturated carbocycles. The first-order valence-electron chi connectivity index (χ1n) is 6.33. The molecule has 3 nitrogen and oxygen atoms in total. The van der Waals surface area contributed by atoms with Crippen LogP contribution in [0.4, 0.5) is 4.39 Å². The maximum absolute atomic E-state index is 13.1. The van der Waals surface area contributed by atoms with Crippen LogP contribution in [0.3, 0.4) is 0 Å². The monoisotopic (exact) mass is 255 g/mol. The van der Waals surface area contributed by atoms with Crippen LogP contribution in [0.2, 0.25) is 0 Å². The summed E-state index contributed by atoms with van der Waals surface area (Å²) in [6, 6.07) is 6.74. The number of aliphatic hydroxyl groups is 1. The molecule has 0 radical (unpaired) electrons. The largest absolute Gasteiger partial charge is 0.391 e. The zero-order valence-electron chi connectivity index (χ0n) is 11.0. The van der Waals surface area contributed by atoms with E-state index < -0.39 is 6.10 Å². The van der Waals surface area contributed by atoms with E-state index in [4.69, 9.17) is 4.74 Å². The average molecular weight is 255 g/mol. The van der Waals surface area contributed by atoms with Gasteiger partial charge in [-0.05, 0) is 37.1 Å². The molecule has 0 amide bonds. The van der Waals surface area contributed by atoms with Crippen LogP contribution in [0.25, 0.3) is 0 Å². The van der Waals surface area contributed by atoms with Crippen LogP contribution in [0.5, 0.6) is 0 Å². The van der Waals surface area contributed by atoms with E-state index in [9.17, 15) is 9.50 Å². The van der Waals surface area contributed by atoms with Crippen LogP contribution >= 0.6 is 0 Å². The molecule has 4 heteroatoms. The van der Waals surface area contributed by atoms with Crippen molar-refractivity contribution in [2.75, 3.05) is 20.3 Å². The second-order valence-electron chi connectivity index (χ2n) is 4.37. The van der Waals surface area contributed by atoms with E-state index in [1.165, 1.54) is 6.07 Å². The minimum atomic E-state index is -0.451. The van der Waals surface area contributed by atoms with Crippen LogP contribution in [-0.2, 0) is 4.74 Å². The lowest BCUT2D eigenvalue weighted by Gasteiger charge is -2.18. The Morgan fingerprint density at radius 3 is 2.83 bits per heavy atom. The first-order chi connectivity index (χ1) is 8.67. The number of rotatable bonds is 8. The third-order valence-corrected chi connectivity index (χ3v) is 2.89. The topological polar surface area (TPSA) is 41.5 Å². The Kier molecular flexibility index (Phi) is 6.86. The van der Waals surface area contributed by atoms with Crippen molar-refractivity contribution < 1.29 is 14.2 Å². The lowest BCUT2D eigenvalue weighted by atomic mass is 10.0. The molecule has 0 aliphatic carbocycles. The van der Waals surface area contributed by atoms with Crippen LogP contribution in [0.15, 0.2) is 24.3 Å². The number of benzene rings is 1. The Hall–Kier alpha value is -0.970. The minimum Gasteiger partial charge on any atom is -0.391 e. The number of aliphatic hydroxyl groups excluding tert-OH is 1. The fraction of sp³-hybridized carbons (Fsp3) is 0.571. The van der Waals surface area contributed by atoms with Crippen LogP contribution < -0.4 is 5.32 Å². The fourth-order valence-corrected chi connectivity index (χ4v) is 1.92.